The second kappa shape index (κ2) is 5.16. The Balaban J connectivity index is 2.28. The highest BCUT2D eigenvalue weighted by Crippen LogP contribution is 2.48. The van der Waals surface area contributed by atoms with Crippen LogP contribution in [0, 0.1) is 11.7 Å². The number of alkyl halides is 1. The minimum absolute atomic E-state index is 0.254. The lowest BCUT2D eigenvalue weighted by atomic mass is 10.0. The summed E-state index contributed by atoms with van der Waals surface area (Å²) < 4.78 is 14.0. The SMILES string of the molecule is O=C=NC(I)(Cc1cc(Br)ccc1F)C1CC1. The van der Waals surface area contributed by atoms with Gasteiger partial charge in [-0.05, 0) is 42.5 Å². The summed E-state index contributed by atoms with van der Waals surface area (Å²) >= 11 is 5.47. The summed E-state index contributed by atoms with van der Waals surface area (Å²) in [5.41, 5.74) is 0.583. The van der Waals surface area contributed by atoms with E-state index in [-0.39, 0.29) is 5.82 Å². The van der Waals surface area contributed by atoms with E-state index >= 15 is 0 Å². The normalized spacial score (nSPS) is 18.3. The van der Waals surface area contributed by atoms with Crippen LogP contribution < -0.4 is 0 Å². The van der Waals surface area contributed by atoms with E-state index in [0.29, 0.717) is 17.9 Å². The van der Waals surface area contributed by atoms with Gasteiger partial charge in [0.25, 0.3) is 0 Å². The van der Waals surface area contributed by atoms with Crippen molar-refractivity contribution in [1.82, 2.24) is 0 Å². The molecule has 0 aliphatic heterocycles. The fraction of sp³-hybridized carbons (Fsp3) is 0.417. The highest BCUT2D eigenvalue weighted by molar-refractivity contribution is 14.1. The van der Waals surface area contributed by atoms with Crippen LogP contribution in [-0.2, 0) is 11.2 Å². The van der Waals surface area contributed by atoms with Crippen molar-refractivity contribution >= 4 is 44.6 Å². The lowest BCUT2D eigenvalue weighted by molar-refractivity contribution is 0.520. The van der Waals surface area contributed by atoms with Gasteiger partial charge in [-0.25, -0.2) is 9.18 Å². The van der Waals surface area contributed by atoms with E-state index in [0.717, 1.165) is 17.3 Å². The summed E-state index contributed by atoms with van der Waals surface area (Å²) in [5, 5.41) is 0. The molecule has 1 aromatic rings. The molecule has 0 saturated heterocycles. The predicted octanol–water partition coefficient (Wildman–Crippen LogP) is 4.01. The van der Waals surface area contributed by atoms with Crippen LogP contribution in [0.1, 0.15) is 18.4 Å². The van der Waals surface area contributed by atoms with Crippen molar-refractivity contribution in [2.75, 3.05) is 0 Å². The monoisotopic (exact) mass is 409 g/mol. The zero-order valence-corrected chi connectivity index (χ0v) is 12.7. The predicted molar refractivity (Wildman–Crippen MR) is 75.4 cm³/mol. The quantitative estimate of drug-likeness (QED) is 0.243. The number of benzene rings is 1. The van der Waals surface area contributed by atoms with Crippen LogP contribution >= 0.6 is 38.5 Å². The Morgan fingerprint density at radius 2 is 2.29 bits per heavy atom. The van der Waals surface area contributed by atoms with Gasteiger partial charge in [0.05, 0.1) is 0 Å². The third-order valence-electron chi connectivity index (χ3n) is 2.88. The molecule has 0 bridgehead atoms. The van der Waals surface area contributed by atoms with E-state index in [2.05, 4.69) is 43.5 Å². The molecule has 0 heterocycles. The van der Waals surface area contributed by atoms with E-state index < -0.39 is 3.55 Å². The Kier molecular flexibility index (Phi) is 4.00. The zero-order valence-electron chi connectivity index (χ0n) is 8.92. The van der Waals surface area contributed by atoms with Gasteiger partial charge >= 0.3 is 0 Å². The molecular weight excluding hydrogens is 400 g/mol. The fourth-order valence-corrected chi connectivity index (χ4v) is 3.36. The van der Waals surface area contributed by atoms with Gasteiger partial charge in [0.1, 0.15) is 9.36 Å². The van der Waals surface area contributed by atoms with E-state index in [4.69, 9.17) is 0 Å². The number of isocyanates is 1. The van der Waals surface area contributed by atoms with Crippen LogP contribution in [0.3, 0.4) is 0 Å². The Hall–Kier alpha value is -0.260. The van der Waals surface area contributed by atoms with Gasteiger partial charge < -0.3 is 0 Å². The Labute approximate surface area is 121 Å². The molecule has 0 spiro atoms. The summed E-state index contributed by atoms with van der Waals surface area (Å²) in [6, 6.07) is 4.83. The van der Waals surface area contributed by atoms with Crippen LogP contribution in [-0.4, -0.2) is 9.63 Å². The van der Waals surface area contributed by atoms with E-state index in [1.54, 1.807) is 18.2 Å². The molecule has 0 amide bonds. The molecule has 0 radical (unpaired) electrons. The first kappa shape index (κ1) is 13.2. The van der Waals surface area contributed by atoms with Crippen molar-refractivity contribution in [3.8, 4) is 0 Å². The van der Waals surface area contributed by atoms with Gasteiger partial charge in [0, 0.05) is 10.9 Å². The Morgan fingerprint density at radius 3 is 2.88 bits per heavy atom. The molecule has 1 atom stereocenters. The van der Waals surface area contributed by atoms with Gasteiger partial charge in [-0.3, -0.25) is 0 Å². The van der Waals surface area contributed by atoms with Gasteiger partial charge in [-0.1, -0.05) is 38.5 Å². The lowest BCUT2D eigenvalue weighted by Crippen LogP contribution is -2.24. The van der Waals surface area contributed by atoms with Crippen LogP contribution in [0.15, 0.2) is 27.7 Å². The van der Waals surface area contributed by atoms with E-state index in [9.17, 15) is 9.18 Å². The van der Waals surface area contributed by atoms with Crippen molar-refractivity contribution in [3.05, 3.63) is 34.1 Å². The zero-order chi connectivity index (χ0) is 12.5. The van der Waals surface area contributed by atoms with E-state index in [1.807, 2.05) is 0 Å². The Morgan fingerprint density at radius 1 is 1.59 bits per heavy atom. The van der Waals surface area contributed by atoms with Crippen LogP contribution in [0.25, 0.3) is 0 Å². The molecule has 17 heavy (non-hydrogen) atoms. The first-order chi connectivity index (χ1) is 8.05. The third kappa shape index (κ3) is 3.14. The average molecular weight is 410 g/mol. The van der Waals surface area contributed by atoms with Crippen molar-refractivity contribution in [1.29, 1.82) is 0 Å². The second-order valence-electron chi connectivity index (χ2n) is 4.21. The largest absolute Gasteiger partial charge is 0.236 e. The molecule has 1 unspecified atom stereocenters. The molecule has 1 saturated carbocycles. The fourth-order valence-electron chi connectivity index (χ4n) is 1.82. The lowest BCUT2D eigenvalue weighted by Gasteiger charge is -2.21. The van der Waals surface area contributed by atoms with Crippen LogP contribution in [0.5, 0.6) is 0 Å². The van der Waals surface area contributed by atoms with Crippen molar-refractivity contribution < 1.29 is 9.18 Å². The third-order valence-corrected chi connectivity index (χ3v) is 4.88. The summed E-state index contributed by atoms with van der Waals surface area (Å²) in [6.45, 7) is 0. The summed E-state index contributed by atoms with van der Waals surface area (Å²) in [5.74, 6) is 0.110. The molecule has 1 fully saturated rings. The summed E-state index contributed by atoms with van der Waals surface area (Å²) in [4.78, 5) is 14.4. The molecule has 2 nitrogen and oxygen atoms in total. The van der Waals surface area contributed by atoms with Crippen LogP contribution in [0.2, 0.25) is 0 Å². The molecule has 1 aliphatic rings. The summed E-state index contributed by atoms with van der Waals surface area (Å²) in [6.07, 6.45) is 4.14. The molecule has 0 N–H and O–H groups in total. The number of nitrogens with zero attached hydrogens (tertiary/aromatic N) is 1. The minimum atomic E-state index is -0.541. The second-order valence-corrected chi connectivity index (χ2v) is 6.99. The van der Waals surface area contributed by atoms with Gasteiger partial charge in [-0.15, -0.1) is 0 Å². The van der Waals surface area contributed by atoms with Crippen LogP contribution in [0.4, 0.5) is 4.39 Å². The maximum Gasteiger partial charge on any atom is 0.236 e. The minimum Gasteiger partial charge on any atom is -0.211 e. The molecular formula is C12H10BrFINO. The highest BCUT2D eigenvalue weighted by atomic mass is 127. The number of halogens is 3. The molecule has 1 aliphatic carbocycles. The highest BCUT2D eigenvalue weighted by Gasteiger charge is 2.44. The molecule has 0 aromatic heterocycles. The number of rotatable bonds is 4. The first-order valence-electron chi connectivity index (χ1n) is 5.27. The maximum atomic E-state index is 13.7. The Bertz CT molecular complexity index is 485. The number of hydrogen-bond donors (Lipinski definition) is 0. The molecule has 5 heteroatoms. The maximum absolute atomic E-state index is 13.7. The molecule has 90 valence electrons. The van der Waals surface area contributed by atoms with Crippen molar-refractivity contribution in [3.63, 3.8) is 0 Å². The van der Waals surface area contributed by atoms with Crippen molar-refractivity contribution in [2.45, 2.75) is 22.8 Å². The van der Waals surface area contributed by atoms with Gasteiger partial charge in [0.15, 0.2) is 0 Å². The smallest absolute Gasteiger partial charge is 0.211 e. The van der Waals surface area contributed by atoms with E-state index in [1.165, 1.54) is 6.07 Å². The summed E-state index contributed by atoms with van der Waals surface area (Å²) in [7, 11) is 0. The van der Waals surface area contributed by atoms with Crippen molar-refractivity contribution in [2.24, 2.45) is 10.9 Å². The standard InChI is InChI=1S/C12H10BrFINO/c13-10-3-4-11(14)8(5-10)6-12(15,16-7-17)9-1-2-9/h3-5,9H,1-2,6H2. The number of hydrogen-bond acceptors (Lipinski definition) is 2. The topological polar surface area (TPSA) is 29.4 Å². The van der Waals surface area contributed by atoms with Gasteiger partial charge in [0.2, 0.25) is 6.08 Å². The van der Waals surface area contributed by atoms with Gasteiger partial charge in [-0.2, -0.15) is 4.99 Å². The molecule has 1 aromatic carbocycles. The average Bonchev–Trinajstić information content (AvgIpc) is 3.07. The molecule has 2 rings (SSSR count). The number of carbonyl (C=O) groups excluding carboxylic acids is 1. The number of aliphatic imine (C=N–C) groups is 1. The first-order valence-corrected chi connectivity index (χ1v) is 7.14.